The summed E-state index contributed by atoms with van der Waals surface area (Å²) in [5.41, 5.74) is -0.814. The Kier molecular flexibility index (Phi) is 5.97. The molecule has 1 amide bonds. The molecule has 1 fully saturated rings. The van der Waals surface area contributed by atoms with Crippen molar-refractivity contribution < 1.29 is 22.7 Å². The smallest absolute Gasteiger partial charge is 0.416 e. The number of nitrogens with zero attached hydrogens (tertiary/aromatic N) is 6. The van der Waals surface area contributed by atoms with Crippen molar-refractivity contribution in [3.8, 4) is 11.6 Å². The van der Waals surface area contributed by atoms with Gasteiger partial charge in [-0.3, -0.25) is 9.36 Å². The number of anilines is 1. The lowest BCUT2D eigenvalue weighted by Gasteiger charge is -2.35. The number of aryl methyl sites for hydroxylation is 1. The van der Waals surface area contributed by atoms with Crippen molar-refractivity contribution in [2.75, 3.05) is 37.7 Å². The van der Waals surface area contributed by atoms with Crippen LogP contribution in [0, 0.1) is 6.92 Å². The van der Waals surface area contributed by atoms with E-state index in [1.54, 1.807) is 11.1 Å². The molecule has 3 aromatic rings. The van der Waals surface area contributed by atoms with Crippen molar-refractivity contribution >= 4 is 11.7 Å². The molecule has 0 aliphatic carbocycles. The average Bonchev–Trinajstić information content (AvgIpc) is 3.23. The van der Waals surface area contributed by atoms with Crippen molar-refractivity contribution in [3.63, 3.8) is 0 Å². The highest BCUT2D eigenvalue weighted by Gasteiger charge is 2.30. The number of rotatable bonds is 5. The monoisotopic (exact) mass is 446 g/mol. The number of hydrogen-bond acceptors (Lipinski definition) is 6. The minimum absolute atomic E-state index is 0.00954. The Morgan fingerprint density at radius 2 is 1.78 bits per heavy atom. The van der Waals surface area contributed by atoms with E-state index in [4.69, 9.17) is 4.74 Å². The molecule has 32 heavy (non-hydrogen) atoms. The summed E-state index contributed by atoms with van der Waals surface area (Å²) in [6, 6.07) is 8.22. The first-order valence-corrected chi connectivity index (χ1v) is 9.98. The number of amides is 1. The van der Waals surface area contributed by atoms with Crippen molar-refractivity contribution in [1.29, 1.82) is 0 Å². The molecular formula is C21H21F3N6O2. The Morgan fingerprint density at radius 1 is 1.06 bits per heavy atom. The molecule has 1 saturated heterocycles. The Bertz CT molecular complexity index is 1080. The molecule has 168 valence electrons. The van der Waals surface area contributed by atoms with E-state index in [1.165, 1.54) is 12.1 Å². The van der Waals surface area contributed by atoms with Crippen LogP contribution in [-0.2, 0) is 11.0 Å². The Balaban J connectivity index is 1.29. The molecule has 0 atom stereocenters. The first-order chi connectivity index (χ1) is 15.3. The van der Waals surface area contributed by atoms with E-state index in [0.29, 0.717) is 37.8 Å². The zero-order chi connectivity index (χ0) is 22.7. The summed E-state index contributed by atoms with van der Waals surface area (Å²) in [7, 11) is 0. The summed E-state index contributed by atoms with van der Waals surface area (Å²) in [5.74, 6) is 1.92. The summed E-state index contributed by atoms with van der Waals surface area (Å²) in [5, 5.41) is 8.53. The third-order valence-electron chi connectivity index (χ3n) is 5.19. The van der Waals surface area contributed by atoms with Gasteiger partial charge < -0.3 is 14.5 Å². The zero-order valence-electron chi connectivity index (χ0n) is 17.3. The van der Waals surface area contributed by atoms with Gasteiger partial charge >= 0.3 is 6.18 Å². The van der Waals surface area contributed by atoms with Gasteiger partial charge in [-0.15, -0.1) is 10.2 Å². The lowest BCUT2D eigenvalue weighted by atomic mass is 10.2. The van der Waals surface area contributed by atoms with Gasteiger partial charge in [0, 0.05) is 38.6 Å². The van der Waals surface area contributed by atoms with Gasteiger partial charge in [0.15, 0.2) is 18.2 Å². The Morgan fingerprint density at radius 3 is 2.41 bits per heavy atom. The highest BCUT2D eigenvalue weighted by atomic mass is 19.4. The fourth-order valence-corrected chi connectivity index (χ4v) is 3.42. The first kappa shape index (κ1) is 21.6. The molecule has 1 aliphatic heterocycles. The van der Waals surface area contributed by atoms with Gasteiger partial charge in [0.05, 0.1) is 5.56 Å². The molecule has 1 aromatic carbocycles. The molecule has 8 nitrogen and oxygen atoms in total. The van der Waals surface area contributed by atoms with Gasteiger partial charge in [-0.1, -0.05) is 6.07 Å². The lowest BCUT2D eigenvalue weighted by Crippen LogP contribution is -2.50. The second-order valence-corrected chi connectivity index (χ2v) is 7.28. The second-order valence-electron chi connectivity index (χ2n) is 7.28. The third kappa shape index (κ3) is 4.82. The van der Waals surface area contributed by atoms with Gasteiger partial charge in [-0.2, -0.15) is 13.2 Å². The average molecular weight is 446 g/mol. The molecule has 0 unspecified atom stereocenters. The summed E-state index contributed by atoms with van der Waals surface area (Å²) in [4.78, 5) is 20.2. The number of carbonyl (C=O) groups is 1. The van der Waals surface area contributed by atoms with Crippen molar-refractivity contribution in [2.24, 2.45) is 0 Å². The number of alkyl halides is 3. The van der Waals surface area contributed by atoms with Gasteiger partial charge in [-0.05, 0) is 37.3 Å². The molecule has 11 heteroatoms. The maximum absolute atomic E-state index is 12.8. The molecule has 0 N–H and O–H groups in total. The molecule has 4 rings (SSSR count). The van der Waals surface area contributed by atoms with Crippen LogP contribution in [0.15, 0.2) is 48.8 Å². The number of halogens is 3. The third-order valence-corrected chi connectivity index (χ3v) is 5.19. The van der Waals surface area contributed by atoms with E-state index in [0.717, 1.165) is 18.0 Å². The van der Waals surface area contributed by atoms with E-state index in [1.807, 2.05) is 34.7 Å². The molecule has 0 saturated carbocycles. The summed E-state index contributed by atoms with van der Waals surface area (Å²) < 4.78 is 45.5. The topological polar surface area (TPSA) is 76.4 Å². The van der Waals surface area contributed by atoms with Crippen molar-refractivity contribution in [2.45, 2.75) is 13.1 Å². The van der Waals surface area contributed by atoms with Crippen LogP contribution >= 0.6 is 0 Å². The maximum Gasteiger partial charge on any atom is 0.416 e. The normalized spacial score (nSPS) is 14.5. The van der Waals surface area contributed by atoms with Crippen LogP contribution < -0.4 is 9.64 Å². The predicted octanol–water partition coefficient (Wildman–Crippen LogP) is 2.72. The van der Waals surface area contributed by atoms with E-state index in [2.05, 4.69) is 15.2 Å². The fourth-order valence-electron chi connectivity index (χ4n) is 3.42. The number of hydrogen-bond donors (Lipinski definition) is 0. The molecular weight excluding hydrogens is 425 g/mol. The molecule has 2 aromatic heterocycles. The van der Waals surface area contributed by atoms with Gasteiger partial charge in [0.2, 0.25) is 0 Å². The molecule has 3 heterocycles. The quantitative estimate of drug-likeness (QED) is 0.600. The Hall–Kier alpha value is -3.63. The van der Waals surface area contributed by atoms with Crippen molar-refractivity contribution in [3.05, 3.63) is 60.2 Å². The SMILES string of the molecule is Cc1nccn1-c1ccc(N2CCN(C(=O)COc3cccc(C(F)(F)F)c3)CC2)nn1. The Labute approximate surface area is 182 Å². The maximum atomic E-state index is 12.8. The first-order valence-electron chi connectivity index (χ1n) is 9.98. The highest BCUT2D eigenvalue weighted by molar-refractivity contribution is 5.78. The number of piperazine rings is 1. The lowest BCUT2D eigenvalue weighted by molar-refractivity contribution is -0.137. The van der Waals surface area contributed by atoms with E-state index in [-0.39, 0.29) is 18.3 Å². The number of benzene rings is 1. The standard InChI is InChI=1S/C21H21F3N6O2/c1-15-25-7-8-30(15)19-6-5-18(26-27-19)28-9-11-29(12-10-28)20(31)14-32-17-4-2-3-16(13-17)21(22,23)24/h2-8,13H,9-12,14H2,1H3. The zero-order valence-corrected chi connectivity index (χ0v) is 17.3. The second kappa shape index (κ2) is 8.85. The van der Waals surface area contributed by atoms with Gasteiger partial charge in [0.1, 0.15) is 11.6 Å². The largest absolute Gasteiger partial charge is 0.484 e. The van der Waals surface area contributed by atoms with Crippen molar-refractivity contribution in [1.82, 2.24) is 24.6 Å². The summed E-state index contributed by atoms with van der Waals surface area (Å²) >= 11 is 0. The minimum Gasteiger partial charge on any atom is -0.484 e. The predicted molar refractivity (Wildman–Crippen MR) is 110 cm³/mol. The summed E-state index contributed by atoms with van der Waals surface area (Å²) in [6.07, 6.45) is -0.957. The van der Waals surface area contributed by atoms with Gasteiger partial charge in [0.25, 0.3) is 5.91 Å². The number of ether oxygens (including phenoxy) is 1. The van der Waals surface area contributed by atoms with Crippen LogP contribution in [0.1, 0.15) is 11.4 Å². The highest BCUT2D eigenvalue weighted by Crippen LogP contribution is 2.31. The molecule has 0 radical (unpaired) electrons. The van der Waals surface area contributed by atoms with Gasteiger partial charge in [-0.25, -0.2) is 4.98 Å². The molecule has 1 aliphatic rings. The minimum atomic E-state index is -4.46. The van der Waals surface area contributed by atoms with Crippen LogP contribution in [0.4, 0.5) is 19.0 Å². The molecule has 0 spiro atoms. The van der Waals surface area contributed by atoms with E-state index >= 15 is 0 Å². The number of imidazole rings is 1. The fraction of sp³-hybridized carbons (Fsp3) is 0.333. The van der Waals surface area contributed by atoms with Crippen LogP contribution in [0.3, 0.4) is 0 Å². The van der Waals surface area contributed by atoms with Crippen LogP contribution in [0.2, 0.25) is 0 Å². The van der Waals surface area contributed by atoms with E-state index < -0.39 is 11.7 Å². The molecule has 0 bridgehead atoms. The van der Waals surface area contributed by atoms with Crippen LogP contribution in [0.25, 0.3) is 5.82 Å². The van der Waals surface area contributed by atoms with Crippen LogP contribution in [0.5, 0.6) is 5.75 Å². The van der Waals surface area contributed by atoms with Crippen LogP contribution in [-0.4, -0.2) is 63.3 Å². The summed E-state index contributed by atoms with van der Waals surface area (Å²) in [6.45, 7) is 3.59. The number of carbonyl (C=O) groups excluding carboxylic acids is 1. The van der Waals surface area contributed by atoms with E-state index in [9.17, 15) is 18.0 Å². The number of aromatic nitrogens is 4.